The van der Waals surface area contributed by atoms with E-state index >= 15 is 0 Å². The fourth-order valence-electron chi connectivity index (χ4n) is 2.49. The molecule has 2 atom stereocenters. The summed E-state index contributed by atoms with van der Waals surface area (Å²) in [6.07, 6.45) is -0.771. The van der Waals surface area contributed by atoms with E-state index in [4.69, 9.17) is 9.47 Å². The van der Waals surface area contributed by atoms with Crippen LogP contribution in [0.5, 0.6) is 11.5 Å². The molecular formula is C22H29NO5S. The summed E-state index contributed by atoms with van der Waals surface area (Å²) in [6.45, 7) is 5.92. The molecule has 0 aliphatic carbocycles. The number of aromatic hydroxyl groups is 1. The Balaban J connectivity index is 2.15. The third kappa shape index (κ3) is 7.27. The van der Waals surface area contributed by atoms with E-state index in [1.54, 1.807) is 12.1 Å². The van der Waals surface area contributed by atoms with Crippen molar-refractivity contribution in [2.75, 3.05) is 13.7 Å². The maximum atomic E-state index is 12.6. The van der Waals surface area contributed by atoms with Crippen LogP contribution in [0.2, 0.25) is 0 Å². The summed E-state index contributed by atoms with van der Waals surface area (Å²) in [5.74, 6) is 0.445. The van der Waals surface area contributed by atoms with Gasteiger partial charge in [-0.1, -0.05) is 30.3 Å². The number of aliphatic hydroxyl groups is 1. The van der Waals surface area contributed by atoms with E-state index in [1.807, 2.05) is 51.1 Å². The van der Waals surface area contributed by atoms with Crippen LogP contribution in [0.15, 0.2) is 52.9 Å². The minimum atomic E-state index is -1.54. The molecule has 2 N–H and O–H groups in total. The molecule has 0 radical (unpaired) electrons. The number of hydrogen-bond acceptors (Lipinski definition) is 5. The van der Waals surface area contributed by atoms with Crippen molar-refractivity contribution in [3.8, 4) is 11.5 Å². The molecule has 0 amide bonds. The molecule has 2 aromatic carbocycles. The standard InChI is InChI=1S/C22H29NO5S/c1-22(2,3)29(26)23-20(19-11-10-18(27-4)13-21(19)25)12-17(24)15-28-14-16-8-6-5-7-9-16/h5-11,13,17,24-25H,12,14-15H2,1-4H3/t17-,29-/m0/s1. The minimum Gasteiger partial charge on any atom is -0.507 e. The summed E-state index contributed by atoms with van der Waals surface area (Å²) in [5.41, 5.74) is 1.77. The fourth-order valence-corrected chi connectivity index (χ4v) is 3.13. The summed E-state index contributed by atoms with van der Waals surface area (Å²) >= 11 is 0. The Bertz CT molecular complexity index is 846. The topological polar surface area (TPSA) is 88.4 Å². The van der Waals surface area contributed by atoms with Gasteiger partial charge in [0.15, 0.2) is 0 Å². The van der Waals surface area contributed by atoms with Crippen molar-refractivity contribution in [1.82, 2.24) is 0 Å². The molecule has 0 saturated carbocycles. The van der Waals surface area contributed by atoms with Crippen LogP contribution in [0.4, 0.5) is 0 Å². The highest BCUT2D eigenvalue weighted by atomic mass is 32.2. The molecule has 2 aromatic rings. The quantitative estimate of drug-likeness (QED) is 0.606. The second kappa shape index (κ2) is 10.5. The van der Waals surface area contributed by atoms with Crippen LogP contribution in [-0.4, -0.2) is 44.7 Å². The monoisotopic (exact) mass is 419 g/mol. The number of nitrogens with zero attached hydrogens (tertiary/aromatic N) is 1. The second-order valence-corrected chi connectivity index (χ2v) is 9.55. The lowest BCUT2D eigenvalue weighted by atomic mass is 10.0. The number of rotatable bonds is 9. The zero-order chi connectivity index (χ0) is 21.4. The zero-order valence-electron chi connectivity index (χ0n) is 17.3. The van der Waals surface area contributed by atoms with E-state index in [1.165, 1.54) is 13.2 Å². The molecule has 29 heavy (non-hydrogen) atoms. The highest BCUT2D eigenvalue weighted by molar-refractivity contribution is 7.85. The lowest BCUT2D eigenvalue weighted by molar-refractivity contribution is 0.0322. The first-order valence-corrected chi connectivity index (χ1v) is 10.5. The SMILES string of the molecule is COc1ccc(C(C[C@H](O)COCc2ccccc2)=N[S@@](=O)C(C)(C)C)c(O)c1. The van der Waals surface area contributed by atoms with Gasteiger partial charge in [-0.2, -0.15) is 4.40 Å². The van der Waals surface area contributed by atoms with Crippen molar-refractivity contribution in [2.45, 2.75) is 44.6 Å². The second-order valence-electron chi connectivity index (χ2n) is 7.64. The lowest BCUT2D eigenvalue weighted by Crippen LogP contribution is -2.24. The van der Waals surface area contributed by atoms with Gasteiger partial charge in [-0.25, -0.2) is 4.21 Å². The summed E-state index contributed by atoms with van der Waals surface area (Å²) in [6, 6.07) is 14.5. The molecule has 0 spiro atoms. The molecule has 158 valence electrons. The smallest absolute Gasteiger partial charge is 0.145 e. The van der Waals surface area contributed by atoms with Crippen LogP contribution in [0.3, 0.4) is 0 Å². The molecule has 6 nitrogen and oxygen atoms in total. The summed E-state index contributed by atoms with van der Waals surface area (Å²) in [4.78, 5) is 0. The van der Waals surface area contributed by atoms with E-state index in [0.717, 1.165) is 5.56 Å². The van der Waals surface area contributed by atoms with Gasteiger partial charge in [0.25, 0.3) is 0 Å². The predicted molar refractivity (Wildman–Crippen MR) is 116 cm³/mol. The van der Waals surface area contributed by atoms with Gasteiger partial charge in [0.2, 0.25) is 0 Å². The molecule has 0 heterocycles. The van der Waals surface area contributed by atoms with Crippen LogP contribution in [-0.2, 0) is 22.3 Å². The highest BCUT2D eigenvalue weighted by Gasteiger charge is 2.22. The molecule has 0 saturated heterocycles. The van der Waals surface area contributed by atoms with E-state index in [-0.39, 0.29) is 18.8 Å². The molecule has 0 aliphatic rings. The largest absolute Gasteiger partial charge is 0.507 e. The highest BCUT2D eigenvalue weighted by Crippen LogP contribution is 2.26. The van der Waals surface area contributed by atoms with Gasteiger partial charge in [-0.15, -0.1) is 0 Å². The maximum absolute atomic E-state index is 12.6. The van der Waals surface area contributed by atoms with E-state index in [0.29, 0.717) is 23.6 Å². The molecule has 7 heteroatoms. The van der Waals surface area contributed by atoms with Crippen LogP contribution in [0.25, 0.3) is 0 Å². The number of benzene rings is 2. The van der Waals surface area contributed by atoms with Gasteiger partial charge < -0.3 is 19.7 Å². The Labute approximate surface area is 174 Å². The molecule has 0 unspecified atom stereocenters. The number of hydrogen-bond donors (Lipinski definition) is 2. The number of phenolic OH excluding ortho intramolecular Hbond substituents is 1. The van der Waals surface area contributed by atoms with Crippen LogP contribution in [0.1, 0.15) is 38.3 Å². The van der Waals surface area contributed by atoms with Gasteiger partial charge >= 0.3 is 0 Å². The lowest BCUT2D eigenvalue weighted by Gasteiger charge is -2.18. The number of methoxy groups -OCH3 is 1. The molecule has 0 fully saturated rings. The van der Waals surface area contributed by atoms with Crippen LogP contribution in [0, 0.1) is 0 Å². The summed E-state index contributed by atoms with van der Waals surface area (Å²) in [7, 11) is -0.0356. The normalized spacial score (nSPS) is 14.4. The van der Waals surface area contributed by atoms with Crippen LogP contribution < -0.4 is 4.74 Å². The van der Waals surface area contributed by atoms with Crippen molar-refractivity contribution < 1.29 is 23.9 Å². The number of phenols is 1. The van der Waals surface area contributed by atoms with E-state index < -0.39 is 21.8 Å². The Morgan fingerprint density at radius 1 is 1.17 bits per heavy atom. The Kier molecular flexibility index (Phi) is 8.37. The van der Waals surface area contributed by atoms with Crippen molar-refractivity contribution in [1.29, 1.82) is 0 Å². The zero-order valence-corrected chi connectivity index (χ0v) is 18.1. The number of ether oxygens (including phenoxy) is 2. The molecular weight excluding hydrogens is 390 g/mol. The first-order chi connectivity index (χ1) is 13.7. The molecule has 0 aliphatic heterocycles. The van der Waals surface area contributed by atoms with E-state index in [9.17, 15) is 14.4 Å². The third-order valence-corrected chi connectivity index (χ3v) is 5.52. The van der Waals surface area contributed by atoms with Gasteiger partial charge in [-0.3, -0.25) is 0 Å². The summed E-state index contributed by atoms with van der Waals surface area (Å²) in [5, 5.41) is 20.8. The Morgan fingerprint density at radius 2 is 1.86 bits per heavy atom. The van der Waals surface area contributed by atoms with Crippen molar-refractivity contribution in [3.63, 3.8) is 0 Å². The predicted octanol–water partition coefficient (Wildman–Crippen LogP) is 3.62. The van der Waals surface area contributed by atoms with Gasteiger partial charge in [0.05, 0.1) is 36.9 Å². The van der Waals surface area contributed by atoms with Crippen molar-refractivity contribution in [2.24, 2.45) is 4.40 Å². The van der Waals surface area contributed by atoms with Crippen molar-refractivity contribution >= 4 is 16.7 Å². The first-order valence-electron chi connectivity index (χ1n) is 9.37. The Hall–Kier alpha value is -2.22. The van der Waals surface area contributed by atoms with Crippen molar-refractivity contribution in [3.05, 3.63) is 59.7 Å². The number of aliphatic hydroxyl groups excluding tert-OH is 1. The molecule has 0 aromatic heterocycles. The van der Waals surface area contributed by atoms with Crippen LogP contribution >= 0.6 is 0 Å². The van der Waals surface area contributed by atoms with Gasteiger partial charge in [0.1, 0.15) is 22.5 Å². The average molecular weight is 420 g/mol. The molecule has 2 rings (SSSR count). The molecule has 0 bridgehead atoms. The van der Waals surface area contributed by atoms with E-state index in [2.05, 4.69) is 4.40 Å². The Morgan fingerprint density at radius 3 is 2.45 bits per heavy atom. The summed E-state index contributed by atoms with van der Waals surface area (Å²) < 4.78 is 27.0. The maximum Gasteiger partial charge on any atom is 0.145 e. The first kappa shape index (κ1) is 23.1. The van der Waals surface area contributed by atoms with Gasteiger partial charge in [0, 0.05) is 18.1 Å². The average Bonchev–Trinajstić information content (AvgIpc) is 2.67. The minimum absolute atomic E-state index is 0.0496. The third-order valence-electron chi connectivity index (χ3n) is 4.08. The fraction of sp³-hybridized carbons (Fsp3) is 0.409. The van der Waals surface area contributed by atoms with Gasteiger partial charge in [-0.05, 0) is 38.5 Å².